The highest BCUT2D eigenvalue weighted by Gasteiger charge is 2.39. The molecule has 2 heterocycles. The third-order valence-electron chi connectivity index (χ3n) is 5.22. The van der Waals surface area contributed by atoms with Crippen LogP contribution in [0.2, 0.25) is 0 Å². The zero-order valence-electron chi connectivity index (χ0n) is 17.6. The maximum Gasteiger partial charge on any atom is 0.316 e. The smallest absolute Gasteiger partial charge is 0.316 e. The van der Waals surface area contributed by atoms with Crippen molar-refractivity contribution in [1.82, 2.24) is 21.3 Å². The number of carbonyl (C=O) groups excluding carboxylic acids is 2. The lowest BCUT2D eigenvalue weighted by molar-refractivity contribution is -0.191. The van der Waals surface area contributed by atoms with Gasteiger partial charge in [0.1, 0.15) is 36.6 Å². The van der Waals surface area contributed by atoms with E-state index >= 15 is 0 Å². The van der Waals surface area contributed by atoms with Gasteiger partial charge >= 0.3 is 12.1 Å². The molecule has 186 valence electrons. The first-order valence-electron chi connectivity index (χ1n) is 10.6. The van der Waals surface area contributed by atoms with E-state index in [0.717, 1.165) is 12.8 Å². The van der Waals surface area contributed by atoms with Crippen molar-refractivity contribution in [1.29, 1.82) is 0 Å². The SMILES string of the molecule is O=C(NCCCCCCNC(=O)NC1OCC(O)C(O)C1O)NC1OCC(O)C(O)C1O. The normalized spacial score (nSPS) is 35.1. The van der Waals surface area contributed by atoms with Gasteiger partial charge in [-0.3, -0.25) is 0 Å². The molecule has 0 radical (unpaired) electrons. The molecule has 8 unspecified atom stereocenters. The van der Waals surface area contributed by atoms with E-state index in [0.29, 0.717) is 25.9 Å². The van der Waals surface area contributed by atoms with E-state index in [1.807, 2.05) is 0 Å². The van der Waals surface area contributed by atoms with Gasteiger partial charge in [0.2, 0.25) is 0 Å². The van der Waals surface area contributed by atoms with E-state index in [1.54, 1.807) is 0 Å². The first kappa shape index (κ1) is 26.5. The van der Waals surface area contributed by atoms with E-state index in [2.05, 4.69) is 21.3 Å². The Bertz CT molecular complexity index is 550. The molecular formula is C18H34N4O10. The number of urea groups is 2. The Balaban J connectivity index is 1.47. The van der Waals surface area contributed by atoms with Crippen LogP contribution >= 0.6 is 0 Å². The van der Waals surface area contributed by atoms with Gasteiger partial charge < -0.3 is 61.4 Å². The van der Waals surface area contributed by atoms with Crippen molar-refractivity contribution in [3.8, 4) is 0 Å². The van der Waals surface area contributed by atoms with Gasteiger partial charge in [0, 0.05) is 13.1 Å². The summed E-state index contributed by atoms with van der Waals surface area (Å²) in [6.07, 6.45) is -7.38. The van der Waals surface area contributed by atoms with Gasteiger partial charge in [-0.15, -0.1) is 0 Å². The predicted octanol–water partition coefficient (Wildman–Crippen LogP) is -3.98. The van der Waals surface area contributed by atoms with Crippen LogP contribution in [0.15, 0.2) is 0 Å². The summed E-state index contributed by atoms with van der Waals surface area (Å²) in [5.74, 6) is 0. The zero-order chi connectivity index (χ0) is 23.7. The number of aliphatic hydroxyl groups excluding tert-OH is 6. The Kier molecular flexibility index (Phi) is 10.8. The van der Waals surface area contributed by atoms with Crippen LogP contribution in [0, 0.1) is 0 Å². The zero-order valence-corrected chi connectivity index (χ0v) is 17.6. The number of hydrogen-bond acceptors (Lipinski definition) is 10. The molecule has 2 aliphatic heterocycles. The van der Waals surface area contributed by atoms with Crippen LogP contribution in [0.3, 0.4) is 0 Å². The van der Waals surface area contributed by atoms with Crippen LogP contribution in [-0.2, 0) is 9.47 Å². The van der Waals surface area contributed by atoms with Crippen molar-refractivity contribution in [2.45, 2.75) is 74.8 Å². The van der Waals surface area contributed by atoms with E-state index in [9.17, 15) is 40.2 Å². The van der Waals surface area contributed by atoms with Gasteiger partial charge in [-0.1, -0.05) is 12.8 Å². The van der Waals surface area contributed by atoms with E-state index in [4.69, 9.17) is 9.47 Å². The molecule has 14 heteroatoms. The summed E-state index contributed by atoms with van der Waals surface area (Å²) in [5.41, 5.74) is 0. The fraction of sp³-hybridized carbons (Fsp3) is 0.889. The van der Waals surface area contributed by atoms with Crippen molar-refractivity contribution in [2.75, 3.05) is 26.3 Å². The molecule has 0 saturated carbocycles. The average molecular weight is 466 g/mol. The molecule has 0 aromatic carbocycles. The van der Waals surface area contributed by atoms with Crippen LogP contribution in [-0.4, -0.2) is 118 Å². The lowest BCUT2D eigenvalue weighted by Crippen LogP contribution is -2.60. The quantitative estimate of drug-likeness (QED) is 0.148. The molecule has 4 amide bonds. The minimum Gasteiger partial charge on any atom is -0.388 e. The molecular weight excluding hydrogens is 432 g/mol. The highest BCUT2D eigenvalue weighted by molar-refractivity contribution is 5.74. The number of hydrogen-bond donors (Lipinski definition) is 10. The second-order valence-electron chi connectivity index (χ2n) is 7.82. The van der Waals surface area contributed by atoms with Gasteiger partial charge in [-0.05, 0) is 12.8 Å². The monoisotopic (exact) mass is 466 g/mol. The minimum atomic E-state index is -1.43. The molecule has 8 atom stereocenters. The summed E-state index contributed by atoms with van der Waals surface area (Å²) in [6, 6.07) is -1.14. The summed E-state index contributed by atoms with van der Waals surface area (Å²) >= 11 is 0. The van der Waals surface area contributed by atoms with Crippen molar-refractivity contribution in [2.24, 2.45) is 0 Å². The van der Waals surface area contributed by atoms with Crippen LogP contribution < -0.4 is 21.3 Å². The third-order valence-corrected chi connectivity index (χ3v) is 5.22. The van der Waals surface area contributed by atoms with Crippen molar-refractivity contribution < 1.29 is 49.7 Å². The predicted molar refractivity (Wildman–Crippen MR) is 107 cm³/mol. The Labute approximate surface area is 184 Å². The number of unbranched alkanes of at least 4 members (excludes halogenated alkanes) is 3. The topological polar surface area (TPSA) is 222 Å². The number of amides is 4. The second-order valence-corrected chi connectivity index (χ2v) is 7.82. The Morgan fingerprint density at radius 2 is 1.00 bits per heavy atom. The van der Waals surface area contributed by atoms with E-state index in [1.165, 1.54) is 0 Å². The van der Waals surface area contributed by atoms with Gasteiger partial charge in [0.15, 0.2) is 12.5 Å². The number of ether oxygens (including phenoxy) is 2. The molecule has 2 saturated heterocycles. The fourth-order valence-electron chi connectivity index (χ4n) is 3.23. The largest absolute Gasteiger partial charge is 0.388 e. The molecule has 0 aromatic heterocycles. The van der Waals surface area contributed by atoms with Gasteiger partial charge in [-0.25, -0.2) is 9.59 Å². The Hall–Kier alpha value is -1.78. The molecule has 14 nitrogen and oxygen atoms in total. The summed E-state index contributed by atoms with van der Waals surface area (Å²) in [7, 11) is 0. The van der Waals surface area contributed by atoms with Crippen molar-refractivity contribution in [3.05, 3.63) is 0 Å². The first-order valence-corrected chi connectivity index (χ1v) is 10.6. The van der Waals surface area contributed by atoms with E-state index in [-0.39, 0.29) is 13.2 Å². The van der Waals surface area contributed by atoms with Crippen LogP contribution in [0.4, 0.5) is 9.59 Å². The standard InChI is InChI=1S/C18H34N4O10/c23-9-7-31-15(13(27)11(9)25)21-17(29)19-5-3-1-2-4-6-20-18(30)22-16-14(28)12(26)10(24)8-32-16/h9-16,23-28H,1-8H2,(H2,19,21,29)(H2,20,22,30). The van der Waals surface area contributed by atoms with Crippen LogP contribution in [0.25, 0.3) is 0 Å². The maximum absolute atomic E-state index is 11.8. The number of carbonyl (C=O) groups is 2. The molecule has 0 spiro atoms. The van der Waals surface area contributed by atoms with E-state index < -0.39 is 61.1 Å². The minimum absolute atomic E-state index is 0.200. The number of nitrogens with one attached hydrogen (secondary N) is 4. The molecule has 2 fully saturated rings. The van der Waals surface area contributed by atoms with Crippen LogP contribution in [0.5, 0.6) is 0 Å². The lowest BCUT2D eigenvalue weighted by Gasteiger charge is -2.35. The third kappa shape index (κ3) is 7.97. The number of rotatable bonds is 9. The average Bonchev–Trinajstić information content (AvgIpc) is 2.76. The summed E-state index contributed by atoms with van der Waals surface area (Å²) < 4.78 is 10.2. The Morgan fingerprint density at radius 3 is 1.38 bits per heavy atom. The number of aliphatic hydroxyl groups is 6. The summed E-state index contributed by atoms with van der Waals surface area (Å²) in [5, 5.41) is 67.4. The molecule has 0 aromatic rings. The molecule has 2 rings (SSSR count). The second kappa shape index (κ2) is 13.1. The molecule has 2 aliphatic rings. The lowest BCUT2D eigenvalue weighted by atomic mass is 10.0. The van der Waals surface area contributed by atoms with Gasteiger partial charge in [-0.2, -0.15) is 0 Å². The molecule has 10 N–H and O–H groups in total. The molecule has 0 bridgehead atoms. The maximum atomic E-state index is 11.8. The molecule has 0 aliphatic carbocycles. The highest BCUT2D eigenvalue weighted by Crippen LogP contribution is 2.14. The fourth-order valence-corrected chi connectivity index (χ4v) is 3.23. The van der Waals surface area contributed by atoms with Crippen molar-refractivity contribution >= 4 is 12.1 Å². The van der Waals surface area contributed by atoms with Crippen LogP contribution in [0.1, 0.15) is 25.7 Å². The summed E-state index contributed by atoms with van der Waals surface area (Å²) in [6.45, 7) is 0.348. The van der Waals surface area contributed by atoms with Gasteiger partial charge in [0.05, 0.1) is 13.2 Å². The Morgan fingerprint density at radius 1 is 0.625 bits per heavy atom. The van der Waals surface area contributed by atoms with Crippen molar-refractivity contribution in [3.63, 3.8) is 0 Å². The first-order chi connectivity index (χ1) is 15.2. The summed E-state index contributed by atoms with van der Waals surface area (Å²) in [4.78, 5) is 23.6. The highest BCUT2D eigenvalue weighted by atomic mass is 16.5. The molecule has 32 heavy (non-hydrogen) atoms. The van der Waals surface area contributed by atoms with Gasteiger partial charge in [0.25, 0.3) is 0 Å².